The van der Waals surface area contributed by atoms with Crippen molar-refractivity contribution in [3.05, 3.63) is 71.3 Å². The Labute approximate surface area is 122 Å². The second-order valence-corrected chi connectivity index (χ2v) is 6.10. The zero-order valence-electron chi connectivity index (χ0n) is 12.4. The van der Waals surface area contributed by atoms with Gasteiger partial charge in [-0.1, -0.05) is 80.8 Å². The van der Waals surface area contributed by atoms with E-state index in [4.69, 9.17) is 0 Å². The highest BCUT2D eigenvalue weighted by Gasteiger charge is 2.20. The third-order valence-corrected chi connectivity index (χ3v) is 4.81. The van der Waals surface area contributed by atoms with E-state index in [-0.39, 0.29) is 0 Å². The predicted molar refractivity (Wildman–Crippen MR) is 86.2 cm³/mol. The molecule has 104 valence electrons. The monoisotopic (exact) mass is 264 g/mol. The van der Waals surface area contributed by atoms with Gasteiger partial charge in [-0.2, -0.15) is 0 Å². The molecular formula is C20H24. The highest BCUT2D eigenvalue weighted by atomic mass is 14.3. The SMILES string of the molecule is C[C@@H](c1ccccc1)c1ccccc1C1CCCCC1. The van der Waals surface area contributed by atoms with Crippen LogP contribution in [0.5, 0.6) is 0 Å². The Morgan fingerprint density at radius 3 is 2.20 bits per heavy atom. The molecule has 0 radical (unpaired) electrons. The lowest BCUT2D eigenvalue weighted by molar-refractivity contribution is 0.441. The molecular weight excluding hydrogens is 240 g/mol. The molecule has 1 saturated carbocycles. The fourth-order valence-electron chi connectivity index (χ4n) is 3.61. The lowest BCUT2D eigenvalue weighted by Gasteiger charge is -2.26. The van der Waals surface area contributed by atoms with Gasteiger partial charge in [0.2, 0.25) is 0 Å². The summed E-state index contributed by atoms with van der Waals surface area (Å²) < 4.78 is 0. The largest absolute Gasteiger partial charge is 0.0622 e. The molecule has 0 saturated heterocycles. The lowest BCUT2D eigenvalue weighted by Crippen LogP contribution is -2.09. The van der Waals surface area contributed by atoms with E-state index >= 15 is 0 Å². The van der Waals surface area contributed by atoms with E-state index in [0.717, 1.165) is 5.92 Å². The summed E-state index contributed by atoms with van der Waals surface area (Å²) in [5.41, 5.74) is 4.56. The van der Waals surface area contributed by atoms with Crippen molar-refractivity contribution in [1.82, 2.24) is 0 Å². The van der Waals surface area contributed by atoms with Gasteiger partial charge in [-0.3, -0.25) is 0 Å². The highest BCUT2D eigenvalue weighted by Crippen LogP contribution is 2.38. The van der Waals surface area contributed by atoms with Crippen LogP contribution < -0.4 is 0 Å². The van der Waals surface area contributed by atoms with Crippen LogP contribution in [0.3, 0.4) is 0 Å². The molecule has 0 spiro atoms. The first-order chi connectivity index (χ1) is 9.86. The Bertz CT molecular complexity index is 535. The van der Waals surface area contributed by atoms with Crippen LogP contribution in [0.1, 0.15) is 67.6 Å². The summed E-state index contributed by atoms with van der Waals surface area (Å²) in [6, 6.07) is 20.0. The van der Waals surface area contributed by atoms with Crippen molar-refractivity contribution < 1.29 is 0 Å². The number of rotatable bonds is 3. The molecule has 0 heteroatoms. The topological polar surface area (TPSA) is 0 Å². The maximum Gasteiger partial charge on any atom is 0.00638 e. The minimum absolute atomic E-state index is 0.495. The predicted octanol–water partition coefficient (Wildman–Crippen LogP) is 5.89. The summed E-state index contributed by atoms with van der Waals surface area (Å²) in [5.74, 6) is 1.28. The van der Waals surface area contributed by atoms with Crippen LogP contribution in [0.25, 0.3) is 0 Å². The first-order valence-electron chi connectivity index (χ1n) is 8.00. The minimum Gasteiger partial charge on any atom is -0.0622 e. The van der Waals surface area contributed by atoms with Crippen molar-refractivity contribution in [2.75, 3.05) is 0 Å². The number of hydrogen-bond donors (Lipinski definition) is 0. The highest BCUT2D eigenvalue weighted by molar-refractivity contribution is 5.39. The van der Waals surface area contributed by atoms with E-state index in [1.165, 1.54) is 43.2 Å². The Kier molecular flexibility index (Phi) is 4.20. The maximum absolute atomic E-state index is 2.37. The number of hydrogen-bond acceptors (Lipinski definition) is 0. The van der Waals surface area contributed by atoms with Gasteiger partial charge >= 0.3 is 0 Å². The molecule has 0 bridgehead atoms. The Morgan fingerprint density at radius 2 is 1.45 bits per heavy atom. The summed E-state index contributed by atoms with van der Waals surface area (Å²) in [6.07, 6.45) is 6.97. The molecule has 0 aliphatic heterocycles. The summed E-state index contributed by atoms with van der Waals surface area (Å²) in [5, 5.41) is 0. The molecule has 1 atom stereocenters. The summed E-state index contributed by atoms with van der Waals surface area (Å²) in [6.45, 7) is 2.34. The zero-order chi connectivity index (χ0) is 13.8. The molecule has 1 aliphatic carbocycles. The van der Waals surface area contributed by atoms with Crippen LogP contribution in [0.2, 0.25) is 0 Å². The van der Waals surface area contributed by atoms with Crippen molar-refractivity contribution in [2.24, 2.45) is 0 Å². The lowest BCUT2D eigenvalue weighted by atomic mass is 9.78. The van der Waals surface area contributed by atoms with Crippen LogP contribution in [-0.2, 0) is 0 Å². The van der Waals surface area contributed by atoms with Gasteiger partial charge in [0.05, 0.1) is 0 Å². The van der Waals surface area contributed by atoms with Gasteiger partial charge in [0.1, 0.15) is 0 Å². The van der Waals surface area contributed by atoms with Gasteiger partial charge in [-0.25, -0.2) is 0 Å². The Balaban J connectivity index is 1.93. The third kappa shape index (κ3) is 2.80. The molecule has 1 fully saturated rings. The summed E-state index contributed by atoms with van der Waals surface area (Å²) >= 11 is 0. The second-order valence-electron chi connectivity index (χ2n) is 6.10. The van der Waals surface area contributed by atoms with Gasteiger partial charge < -0.3 is 0 Å². The van der Waals surface area contributed by atoms with Crippen molar-refractivity contribution in [1.29, 1.82) is 0 Å². The van der Waals surface area contributed by atoms with E-state index in [9.17, 15) is 0 Å². The van der Waals surface area contributed by atoms with Crippen LogP contribution in [0, 0.1) is 0 Å². The average Bonchev–Trinajstić information content (AvgIpc) is 2.56. The maximum atomic E-state index is 2.37. The first-order valence-corrected chi connectivity index (χ1v) is 8.00. The molecule has 20 heavy (non-hydrogen) atoms. The molecule has 1 aliphatic rings. The third-order valence-electron chi connectivity index (χ3n) is 4.81. The Hall–Kier alpha value is -1.56. The fraction of sp³-hybridized carbons (Fsp3) is 0.400. The van der Waals surface area contributed by atoms with E-state index in [1.54, 1.807) is 5.56 Å². The zero-order valence-corrected chi connectivity index (χ0v) is 12.4. The minimum atomic E-state index is 0.495. The average molecular weight is 264 g/mol. The van der Waals surface area contributed by atoms with E-state index in [2.05, 4.69) is 61.5 Å². The van der Waals surface area contributed by atoms with Gasteiger partial charge in [-0.15, -0.1) is 0 Å². The molecule has 0 amide bonds. The van der Waals surface area contributed by atoms with E-state index in [0.29, 0.717) is 5.92 Å². The van der Waals surface area contributed by atoms with E-state index < -0.39 is 0 Å². The van der Waals surface area contributed by atoms with Crippen LogP contribution >= 0.6 is 0 Å². The molecule has 3 rings (SSSR count). The summed E-state index contributed by atoms with van der Waals surface area (Å²) in [7, 11) is 0. The normalized spacial score (nSPS) is 17.9. The van der Waals surface area contributed by atoms with Gasteiger partial charge in [-0.05, 0) is 35.4 Å². The van der Waals surface area contributed by atoms with Crippen molar-refractivity contribution >= 4 is 0 Å². The van der Waals surface area contributed by atoms with Gasteiger partial charge in [0.25, 0.3) is 0 Å². The molecule has 0 nitrogen and oxygen atoms in total. The standard InChI is InChI=1S/C20H24/c1-16(17-10-4-2-5-11-17)19-14-8-9-15-20(19)18-12-6-3-7-13-18/h2,4-5,8-11,14-16,18H,3,6-7,12-13H2,1H3/t16-/m0/s1. The first kappa shape index (κ1) is 13.4. The second kappa shape index (κ2) is 6.26. The fourth-order valence-corrected chi connectivity index (χ4v) is 3.61. The Morgan fingerprint density at radius 1 is 0.800 bits per heavy atom. The van der Waals surface area contributed by atoms with Gasteiger partial charge in [0.15, 0.2) is 0 Å². The van der Waals surface area contributed by atoms with Gasteiger partial charge in [0, 0.05) is 5.92 Å². The smallest absolute Gasteiger partial charge is 0.00638 e. The molecule has 2 aromatic carbocycles. The van der Waals surface area contributed by atoms with Crippen LogP contribution in [0.15, 0.2) is 54.6 Å². The molecule has 0 heterocycles. The van der Waals surface area contributed by atoms with E-state index in [1.807, 2.05) is 0 Å². The van der Waals surface area contributed by atoms with Crippen molar-refractivity contribution in [2.45, 2.75) is 50.9 Å². The van der Waals surface area contributed by atoms with Crippen LogP contribution in [0.4, 0.5) is 0 Å². The van der Waals surface area contributed by atoms with Crippen molar-refractivity contribution in [3.8, 4) is 0 Å². The van der Waals surface area contributed by atoms with Crippen LogP contribution in [-0.4, -0.2) is 0 Å². The molecule has 2 aromatic rings. The number of benzene rings is 2. The quantitative estimate of drug-likeness (QED) is 0.648. The molecule has 0 aromatic heterocycles. The molecule has 0 unspecified atom stereocenters. The summed E-state index contributed by atoms with van der Waals surface area (Å²) in [4.78, 5) is 0. The molecule has 0 N–H and O–H groups in total. The van der Waals surface area contributed by atoms with Crippen molar-refractivity contribution in [3.63, 3.8) is 0 Å².